The maximum atomic E-state index is 3.59. The minimum atomic E-state index is 1.09. The molecular weight excluding hydrogens is 156 g/mol. The highest BCUT2D eigenvalue weighted by Gasteiger charge is 1.73. The predicted molar refractivity (Wildman–Crippen MR) is 61.7 cm³/mol. The zero-order chi connectivity index (χ0) is 9.78. The van der Waals surface area contributed by atoms with Gasteiger partial charge in [0.15, 0.2) is 0 Å². The molecule has 13 heavy (non-hydrogen) atoms. The second-order valence-electron chi connectivity index (χ2n) is 2.58. The molecule has 0 atom stereocenters. The van der Waals surface area contributed by atoms with Gasteiger partial charge in [-0.05, 0) is 19.8 Å². The molecule has 0 N–H and O–H groups in total. The van der Waals surface area contributed by atoms with Gasteiger partial charge >= 0.3 is 0 Å². The molecule has 0 saturated heterocycles. The van der Waals surface area contributed by atoms with Gasteiger partial charge in [0.1, 0.15) is 0 Å². The van der Waals surface area contributed by atoms with Gasteiger partial charge in [0.25, 0.3) is 0 Å². The number of hydrogen-bond donors (Lipinski definition) is 0. The molecule has 0 heterocycles. The van der Waals surface area contributed by atoms with Crippen LogP contribution in [0.5, 0.6) is 0 Å². The maximum Gasteiger partial charge on any atom is -0.0313 e. The maximum absolute atomic E-state index is 3.59. The van der Waals surface area contributed by atoms with Crippen LogP contribution in [0.25, 0.3) is 0 Å². The van der Waals surface area contributed by atoms with Crippen molar-refractivity contribution in [2.75, 3.05) is 0 Å². The molecule has 0 nitrogen and oxygen atoms in total. The second kappa shape index (κ2) is 10.7. The highest BCUT2D eigenvalue weighted by Crippen LogP contribution is 1.93. The summed E-state index contributed by atoms with van der Waals surface area (Å²) in [6.45, 7) is 5.61. The largest absolute Gasteiger partial charge is 0.0991 e. The van der Waals surface area contributed by atoms with Crippen molar-refractivity contribution in [2.24, 2.45) is 0 Å². The smallest absolute Gasteiger partial charge is 0.0313 e. The van der Waals surface area contributed by atoms with Crippen molar-refractivity contribution in [3.05, 3.63) is 61.3 Å². The standard InChI is InChI=1S/C13H18/c1-3-5-7-9-11-13-12-10-8-6-4-2/h3-11H,1,12-13H2,2H3/b6-4-,7-5-,10-8-,11-9-. The Bertz CT molecular complexity index is 214. The number of unbranched alkanes of at least 4 members (excludes halogenated alkanes) is 1. The molecule has 0 rings (SSSR count). The van der Waals surface area contributed by atoms with Crippen LogP contribution >= 0.6 is 0 Å². The van der Waals surface area contributed by atoms with E-state index in [-0.39, 0.29) is 0 Å². The lowest BCUT2D eigenvalue weighted by molar-refractivity contribution is 1.05. The van der Waals surface area contributed by atoms with E-state index in [1.54, 1.807) is 6.08 Å². The van der Waals surface area contributed by atoms with Crippen LogP contribution in [0.15, 0.2) is 61.3 Å². The summed E-state index contributed by atoms with van der Waals surface area (Å²) in [6, 6.07) is 0. The first-order valence-corrected chi connectivity index (χ1v) is 4.64. The summed E-state index contributed by atoms with van der Waals surface area (Å²) in [5, 5.41) is 0. The van der Waals surface area contributed by atoms with Crippen LogP contribution in [-0.4, -0.2) is 0 Å². The first kappa shape index (κ1) is 11.7. The molecule has 0 aliphatic rings. The average molecular weight is 174 g/mol. The molecule has 70 valence electrons. The quantitative estimate of drug-likeness (QED) is 0.418. The normalized spacial score (nSPS) is 12.7. The van der Waals surface area contributed by atoms with E-state index >= 15 is 0 Å². The fourth-order valence-electron chi connectivity index (χ4n) is 0.796. The molecule has 0 amide bonds. The summed E-state index contributed by atoms with van der Waals surface area (Å²) in [4.78, 5) is 0. The van der Waals surface area contributed by atoms with Gasteiger partial charge < -0.3 is 0 Å². The monoisotopic (exact) mass is 174 g/mol. The third-order valence-electron chi connectivity index (χ3n) is 1.43. The summed E-state index contributed by atoms with van der Waals surface area (Å²) in [6.07, 6.45) is 20.4. The molecule has 0 bridgehead atoms. The Labute approximate surface area is 81.7 Å². The van der Waals surface area contributed by atoms with E-state index in [1.807, 2.05) is 37.3 Å². The Morgan fingerprint density at radius 1 is 0.846 bits per heavy atom. The van der Waals surface area contributed by atoms with Gasteiger partial charge in [-0.2, -0.15) is 0 Å². The molecule has 0 aromatic carbocycles. The average Bonchev–Trinajstić information content (AvgIpc) is 2.16. The summed E-state index contributed by atoms with van der Waals surface area (Å²) in [7, 11) is 0. The lowest BCUT2D eigenvalue weighted by Gasteiger charge is -1.83. The zero-order valence-electron chi connectivity index (χ0n) is 8.32. The Kier molecular flexibility index (Phi) is 9.63. The molecule has 0 saturated carbocycles. The van der Waals surface area contributed by atoms with E-state index in [4.69, 9.17) is 0 Å². The van der Waals surface area contributed by atoms with Gasteiger partial charge in [-0.3, -0.25) is 0 Å². The summed E-state index contributed by atoms with van der Waals surface area (Å²) >= 11 is 0. The lowest BCUT2D eigenvalue weighted by Crippen LogP contribution is -1.62. The van der Waals surface area contributed by atoms with Crippen molar-refractivity contribution < 1.29 is 0 Å². The molecule has 0 radical (unpaired) electrons. The SMILES string of the molecule is C=C/C=C\C=C/CC/C=C\C=C/C. The van der Waals surface area contributed by atoms with E-state index < -0.39 is 0 Å². The highest BCUT2D eigenvalue weighted by atomic mass is 13.8. The lowest BCUT2D eigenvalue weighted by atomic mass is 10.2. The molecule has 0 aliphatic carbocycles. The van der Waals surface area contributed by atoms with E-state index in [1.165, 1.54) is 0 Å². The van der Waals surface area contributed by atoms with Gasteiger partial charge in [0.05, 0.1) is 0 Å². The first-order valence-electron chi connectivity index (χ1n) is 4.64. The molecule has 0 aromatic heterocycles. The third kappa shape index (κ3) is 10.7. The molecule has 0 aromatic rings. The van der Waals surface area contributed by atoms with E-state index in [2.05, 4.69) is 24.8 Å². The highest BCUT2D eigenvalue weighted by molar-refractivity contribution is 5.09. The van der Waals surface area contributed by atoms with Crippen molar-refractivity contribution in [1.29, 1.82) is 0 Å². The molecule has 0 heteroatoms. The summed E-state index contributed by atoms with van der Waals surface area (Å²) in [5.74, 6) is 0. The van der Waals surface area contributed by atoms with Gasteiger partial charge in [0, 0.05) is 0 Å². The Morgan fingerprint density at radius 3 is 2.00 bits per heavy atom. The molecule has 0 fully saturated rings. The van der Waals surface area contributed by atoms with Crippen molar-refractivity contribution in [3.8, 4) is 0 Å². The third-order valence-corrected chi connectivity index (χ3v) is 1.43. The van der Waals surface area contributed by atoms with E-state index in [0.29, 0.717) is 0 Å². The topological polar surface area (TPSA) is 0 Å². The molecular formula is C13H18. The summed E-state index contributed by atoms with van der Waals surface area (Å²) < 4.78 is 0. The minimum absolute atomic E-state index is 1.09. The van der Waals surface area contributed by atoms with Crippen LogP contribution in [-0.2, 0) is 0 Å². The predicted octanol–water partition coefficient (Wildman–Crippen LogP) is 4.20. The van der Waals surface area contributed by atoms with E-state index in [9.17, 15) is 0 Å². The molecule has 0 unspecified atom stereocenters. The van der Waals surface area contributed by atoms with Crippen LogP contribution in [0.1, 0.15) is 19.8 Å². The van der Waals surface area contributed by atoms with Crippen molar-refractivity contribution in [3.63, 3.8) is 0 Å². The first-order chi connectivity index (χ1) is 6.41. The Morgan fingerprint density at radius 2 is 1.46 bits per heavy atom. The zero-order valence-corrected chi connectivity index (χ0v) is 8.32. The van der Waals surface area contributed by atoms with Gasteiger partial charge in [-0.1, -0.05) is 61.3 Å². The number of hydrogen-bond acceptors (Lipinski definition) is 0. The van der Waals surface area contributed by atoms with Gasteiger partial charge in [-0.15, -0.1) is 0 Å². The Balaban J connectivity index is 3.39. The van der Waals surface area contributed by atoms with Crippen LogP contribution in [0.2, 0.25) is 0 Å². The van der Waals surface area contributed by atoms with Crippen molar-refractivity contribution in [2.45, 2.75) is 19.8 Å². The van der Waals surface area contributed by atoms with Gasteiger partial charge in [0.2, 0.25) is 0 Å². The molecule has 0 aliphatic heterocycles. The Hall–Kier alpha value is -1.30. The number of allylic oxidation sites excluding steroid dienone is 9. The van der Waals surface area contributed by atoms with Crippen LogP contribution < -0.4 is 0 Å². The van der Waals surface area contributed by atoms with Crippen LogP contribution in [0.3, 0.4) is 0 Å². The van der Waals surface area contributed by atoms with Crippen LogP contribution in [0.4, 0.5) is 0 Å². The van der Waals surface area contributed by atoms with Crippen molar-refractivity contribution in [1.82, 2.24) is 0 Å². The fraction of sp³-hybridized carbons (Fsp3) is 0.231. The van der Waals surface area contributed by atoms with Crippen LogP contribution in [0, 0.1) is 0 Å². The van der Waals surface area contributed by atoms with Crippen molar-refractivity contribution >= 4 is 0 Å². The summed E-state index contributed by atoms with van der Waals surface area (Å²) in [5.41, 5.74) is 0. The van der Waals surface area contributed by atoms with Gasteiger partial charge in [-0.25, -0.2) is 0 Å². The molecule has 0 spiro atoms. The second-order valence-corrected chi connectivity index (χ2v) is 2.58. The fourth-order valence-corrected chi connectivity index (χ4v) is 0.796. The van der Waals surface area contributed by atoms with E-state index in [0.717, 1.165) is 12.8 Å². The minimum Gasteiger partial charge on any atom is -0.0991 e. The number of rotatable bonds is 6.